The van der Waals surface area contributed by atoms with Gasteiger partial charge in [0.15, 0.2) is 0 Å². The molecule has 0 aromatic rings. The Morgan fingerprint density at radius 3 is 2.75 bits per heavy atom. The lowest BCUT2D eigenvalue weighted by atomic mass is 9.97. The fourth-order valence-electron chi connectivity index (χ4n) is 2.79. The van der Waals surface area contributed by atoms with Gasteiger partial charge in [-0.1, -0.05) is 0 Å². The first-order chi connectivity index (χ1) is 9.60. The molecule has 0 radical (unpaired) electrons. The number of nitrogens with zero attached hydrogens (tertiary/aromatic N) is 2. The van der Waals surface area contributed by atoms with Crippen LogP contribution in [0.2, 0.25) is 0 Å². The van der Waals surface area contributed by atoms with E-state index in [2.05, 4.69) is 4.90 Å². The average Bonchev–Trinajstić information content (AvgIpc) is 2.47. The number of nitrogens with two attached hydrogens (primary N) is 2. The lowest BCUT2D eigenvalue weighted by Gasteiger charge is -2.35. The third-order valence-corrected chi connectivity index (χ3v) is 4.02. The van der Waals surface area contributed by atoms with E-state index in [4.69, 9.17) is 16.2 Å². The molecule has 2 amide bonds. The van der Waals surface area contributed by atoms with Gasteiger partial charge in [-0.2, -0.15) is 0 Å². The number of rotatable bonds is 4. The number of hydrogen-bond donors (Lipinski definition) is 2. The van der Waals surface area contributed by atoms with Gasteiger partial charge < -0.3 is 21.1 Å². The highest BCUT2D eigenvalue weighted by atomic mass is 16.5. The second-order valence-electron chi connectivity index (χ2n) is 5.54. The molecule has 2 heterocycles. The van der Waals surface area contributed by atoms with Crippen molar-refractivity contribution in [3.63, 3.8) is 0 Å². The monoisotopic (exact) mass is 284 g/mol. The Morgan fingerprint density at radius 2 is 2.05 bits per heavy atom. The maximum Gasteiger partial charge on any atom is 0.236 e. The topological polar surface area (TPSA) is 102 Å². The molecule has 4 N–H and O–H groups in total. The Bertz CT molecular complexity index is 364. The van der Waals surface area contributed by atoms with Crippen LogP contribution in [0.5, 0.6) is 0 Å². The predicted octanol–water partition coefficient (Wildman–Crippen LogP) is -1.63. The van der Waals surface area contributed by atoms with Crippen molar-refractivity contribution in [2.75, 3.05) is 45.9 Å². The molecular formula is C13H24N4O3. The molecular weight excluding hydrogens is 260 g/mol. The van der Waals surface area contributed by atoms with Crippen LogP contribution in [0.15, 0.2) is 0 Å². The third-order valence-electron chi connectivity index (χ3n) is 4.02. The van der Waals surface area contributed by atoms with Crippen molar-refractivity contribution < 1.29 is 14.3 Å². The average molecular weight is 284 g/mol. The Hall–Kier alpha value is -1.18. The molecule has 0 aromatic carbocycles. The van der Waals surface area contributed by atoms with Gasteiger partial charge in [-0.3, -0.25) is 14.5 Å². The lowest BCUT2D eigenvalue weighted by Crippen LogP contribution is -2.51. The van der Waals surface area contributed by atoms with Gasteiger partial charge in [0.25, 0.3) is 0 Å². The smallest absolute Gasteiger partial charge is 0.236 e. The number of morpholine rings is 1. The van der Waals surface area contributed by atoms with Crippen LogP contribution in [0.4, 0.5) is 0 Å². The van der Waals surface area contributed by atoms with E-state index in [-0.39, 0.29) is 23.8 Å². The standard InChI is InChI=1S/C13H24N4O3/c14-6-11-8-16(4-5-20-11)9-12(18)17-3-1-2-10(7-17)13(15)19/h10-11H,1-9,14H2,(H2,15,19). The predicted molar refractivity (Wildman–Crippen MR) is 73.7 cm³/mol. The summed E-state index contributed by atoms with van der Waals surface area (Å²) in [6.45, 7) is 4.05. The summed E-state index contributed by atoms with van der Waals surface area (Å²) in [6.07, 6.45) is 1.64. The van der Waals surface area contributed by atoms with Gasteiger partial charge in [0.1, 0.15) is 0 Å². The molecule has 7 nitrogen and oxygen atoms in total. The minimum absolute atomic E-state index is 0.0104. The summed E-state index contributed by atoms with van der Waals surface area (Å²) in [5, 5.41) is 0. The molecule has 0 aromatic heterocycles. The number of carbonyl (C=O) groups is 2. The zero-order valence-corrected chi connectivity index (χ0v) is 11.8. The van der Waals surface area contributed by atoms with Crippen LogP contribution >= 0.6 is 0 Å². The van der Waals surface area contributed by atoms with E-state index < -0.39 is 0 Å². The second kappa shape index (κ2) is 7.01. The molecule has 0 saturated carbocycles. The van der Waals surface area contributed by atoms with Crippen molar-refractivity contribution in [1.82, 2.24) is 9.80 Å². The molecule has 2 atom stereocenters. The first-order valence-corrected chi connectivity index (χ1v) is 7.21. The molecule has 2 aliphatic rings. The summed E-state index contributed by atoms with van der Waals surface area (Å²) in [6, 6.07) is 0. The Kier molecular flexibility index (Phi) is 5.33. The zero-order valence-electron chi connectivity index (χ0n) is 11.8. The van der Waals surface area contributed by atoms with Crippen LogP contribution in [0.3, 0.4) is 0 Å². The van der Waals surface area contributed by atoms with Crippen molar-refractivity contribution in [2.45, 2.75) is 18.9 Å². The number of carbonyl (C=O) groups excluding carboxylic acids is 2. The molecule has 0 aliphatic carbocycles. The number of piperidine rings is 1. The molecule has 7 heteroatoms. The summed E-state index contributed by atoms with van der Waals surface area (Å²) in [4.78, 5) is 27.3. The fourth-order valence-corrected chi connectivity index (χ4v) is 2.79. The normalized spacial score (nSPS) is 28.4. The van der Waals surface area contributed by atoms with Gasteiger partial charge in [0.2, 0.25) is 11.8 Å². The summed E-state index contributed by atoms with van der Waals surface area (Å²) in [5.74, 6) is -0.445. The maximum atomic E-state index is 12.3. The van der Waals surface area contributed by atoms with E-state index >= 15 is 0 Å². The van der Waals surface area contributed by atoms with Crippen molar-refractivity contribution in [3.8, 4) is 0 Å². The fraction of sp³-hybridized carbons (Fsp3) is 0.846. The van der Waals surface area contributed by atoms with E-state index in [1.807, 2.05) is 0 Å². The van der Waals surface area contributed by atoms with E-state index in [9.17, 15) is 9.59 Å². The first-order valence-electron chi connectivity index (χ1n) is 7.21. The van der Waals surface area contributed by atoms with Crippen LogP contribution in [-0.2, 0) is 14.3 Å². The number of ether oxygens (including phenoxy) is 1. The van der Waals surface area contributed by atoms with Crippen LogP contribution in [0.1, 0.15) is 12.8 Å². The first kappa shape index (κ1) is 15.2. The molecule has 2 saturated heterocycles. The molecule has 2 rings (SSSR count). The van der Waals surface area contributed by atoms with Gasteiger partial charge in [0.05, 0.1) is 25.2 Å². The molecule has 114 valence electrons. The Labute approximate surface area is 119 Å². The zero-order chi connectivity index (χ0) is 14.5. The molecule has 0 spiro atoms. The van der Waals surface area contributed by atoms with Crippen molar-refractivity contribution in [1.29, 1.82) is 0 Å². The molecule has 2 fully saturated rings. The number of amides is 2. The highest BCUT2D eigenvalue weighted by Crippen LogP contribution is 2.16. The highest BCUT2D eigenvalue weighted by Gasteiger charge is 2.29. The summed E-state index contributed by atoms with van der Waals surface area (Å²) in [7, 11) is 0. The molecule has 2 unspecified atom stereocenters. The number of primary amides is 1. The number of hydrogen-bond acceptors (Lipinski definition) is 5. The van der Waals surface area contributed by atoms with Crippen molar-refractivity contribution in [2.24, 2.45) is 17.4 Å². The lowest BCUT2D eigenvalue weighted by molar-refractivity contribution is -0.137. The van der Waals surface area contributed by atoms with Crippen LogP contribution < -0.4 is 11.5 Å². The van der Waals surface area contributed by atoms with Gasteiger partial charge in [-0.25, -0.2) is 0 Å². The van der Waals surface area contributed by atoms with E-state index in [1.165, 1.54) is 0 Å². The summed E-state index contributed by atoms with van der Waals surface area (Å²) in [5.41, 5.74) is 10.9. The highest BCUT2D eigenvalue weighted by molar-refractivity contribution is 5.81. The third kappa shape index (κ3) is 3.91. The van der Waals surface area contributed by atoms with Crippen LogP contribution in [0, 0.1) is 5.92 Å². The SMILES string of the molecule is NCC1CN(CC(=O)N2CCCC(C(N)=O)C2)CCO1. The Balaban J connectivity index is 1.83. The van der Waals surface area contributed by atoms with Crippen molar-refractivity contribution in [3.05, 3.63) is 0 Å². The largest absolute Gasteiger partial charge is 0.374 e. The maximum absolute atomic E-state index is 12.3. The summed E-state index contributed by atoms with van der Waals surface area (Å²) >= 11 is 0. The number of likely N-dealkylation sites (tertiary alicyclic amines) is 1. The van der Waals surface area contributed by atoms with E-state index in [0.717, 1.165) is 19.4 Å². The minimum Gasteiger partial charge on any atom is -0.374 e. The molecule has 0 bridgehead atoms. The van der Waals surface area contributed by atoms with Gasteiger partial charge in [-0.15, -0.1) is 0 Å². The quantitative estimate of drug-likeness (QED) is 0.645. The van der Waals surface area contributed by atoms with E-state index in [0.29, 0.717) is 39.3 Å². The summed E-state index contributed by atoms with van der Waals surface area (Å²) < 4.78 is 5.48. The minimum atomic E-state index is -0.308. The van der Waals surface area contributed by atoms with E-state index in [1.54, 1.807) is 4.90 Å². The van der Waals surface area contributed by atoms with Gasteiger partial charge >= 0.3 is 0 Å². The van der Waals surface area contributed by atoms with Crippen molar-refractivity contribution >= 4 is 11.8 Å². The molecule has 2 aliphatic heterocycles. The van der Waals surface area contributed by atoms with Gasteiger partial charge in [-0.05, 0) is 12.8 Å². The molecule has 20 heavy (non-hydrogen) atoms. The second-order valence-corrected chi connectivity index (χ2v) is 5.54. The Morgan fingerprint density at radius 1 is 1.25 bits per heavy atom. The van der Waals surface area contributed by atoms with Crippen LogP contribution in [0.25, 0.3) is 0 Å². The van der Waals surface area contributed by atoms with Crippen LogP contribution in [-0.4, -0.2) is 73.6 Å². The van der Waals surface area contributed by atoms with Gasteiger partial charge in [0, 0.05) is 32.7 Å².